The van der Waals surface area contributed by atoms with E-state index in [1.807, 2.05) is 7.11 Å². The first-order valence-corrected chi connectivity index (χ1v) is 9.29. The fourth-order valence-corrected chi connectivity index (χ4v) is 9.92. The molecular formula is C12H14Br4O. The second-order valence-corrected chi connectivity index (χ2v) is 13.3. The van der Waals surface area contributed by atoms with Crippen molar-refractivity contribution in [1.29, 1.82) is 0 Å². The normalized spacial score (nSPS) is 60.2. The van der Waals surface area contributed by atoms with E-state index in [-0.39, 0.29) is 12.1 Å². The van der Waals surface area contributed by atoms with Crippen molar-refractivity contribution in [2.24, 2.45) is 16.7 Å². The lowest BCUT2D eigenvalue weighted by molar-refractivity contribution is 0.0138. The van der Waals surface area contributed by atoms with E-state index < -0.39 is 0 Å². The first-order chi connectivity index (χ1) is 7.81. The summed E-state index contributed by atoms with van der Waals surface area (Å²) in [5.74, 6) is 0.600. The molecule has 17 heavy (non-hydrogen) atoms. The molecule has 0 aromatic heterocycles. The molecule has 4 saturated carbocycles. The van der Waals surface area contributed by atoms with Crippen LogP contribution in [-0.4, -0.2) is 19.2 Å². The summed E-state index contributed by atoms with van der Waals surface area (Å²) in [6.07, 6.45) is 6.48. The molecule has 4 aliphatic rings. The molecule has 4 fully saturated rings. The molecule has 0 radical (unpaired) electrons. The summed E-state index contributed by atoms with van der Waals surface area (Å²) in [5.41, 5.74) is 0.885. The van der Waals surface area contributed by atoms with Gasteiger partial charge in [-0.2, -0.15) is 0 Å². The fourth-order valence-electron chi connectivity index (χ4n) is 5.21. The maximum atomic E-state index is 5.92. The van der Waals surface area contributed by atoms with Crippen LogP contribution in [0.15, 0.2) is 0 Å². The van der Waals surface area contributed by atoms with E-state index in [2.05, 4.69) is 63.7 Å². The van der Waals surface area contributed by atoms with Crippen molar-refractivity contribution in [3.05, 3.63) is 0 Å². The van der Waals surface area contributed by atoms with Gasteiger partial charge in [-0.3, -0.25) is 0 Å². The quantitative estimate of drug-likeness (QED) is 0.470. The Hall–Kier alpha value is 1.88. The maximum Gasteiger partial charge on any atom is 0.115 e. The molecule has 5 heteroatoms. The summed E-state index contributed by atoms with van der Waals surface area (Å²) in [6.45, 7) is 0. The highest BCUT2D eigenvalue weighted by molar-refractivity contribution is 9.26. The first-order valence-electron chi connectivity index (χ1n) is 6.12. The van der Waals surface area contributed by atoms with E-state index in [1.54, 1.807) is 0 Å². The summed E-state index contributed by atoms with van der Waals surface area (Å²) in [7, 11) is 1.86. The summed E-state index contributed by atoms with van der Waals surface area (Å²) >= 11 is 15.6. The third-order valence-corrected chi connectivity index (χ3v) is 11.7. The zero-order valence-electron chi connectivity index (χ0n) is 9.53. The molecule has 1 nitrogen and oxygen atoms in total. The lowest BCUT2D eigenvalue weighted by Gasteiger charge is -2.29. The molecule has 0 saturated heterocycles. The number of ether oxygens (including phenoxy) is 1. The van der Waals surface area contributed by atoms with Gasteiger partial charge < -0.3 is 4.74 Å². The molecule has 4 atom stereocenters. The average molecular weight is 494 g/mol. The first kappa shape index (κ1) is 12.6. The van der Waals surface area contributed by atoms with Crippen molar-refractivity contribution in [3.63, 3.8) is 0 Å². The van der Waals surface area contributed by atoms with Gasteiger partial charge in [0.15, 0.2) is 0 Å². The fraction of sp³-hybridized carbons (Fsp3) is 1.00. The lowest BCUT2D eigenvalue weighted by atomic mass is 9.80. The van der Waals surface area contributed by atoms with Gasteiger partial charge in [0.05, 0.1) is 8.83 Å². The second-order valence-electron chi connectivity index (χ2n) is 6.24. The van der Waals surface area contributed by atoms with Crippen LogP contribution in [0.3, 0.4) is 0 Å². The highest BCUT2D eigenvalue weighted by Crippen LogP contribution is 2.96. The molecule has 0 spiro atoms. The van der Waals surface area contributed by atoms with Crippen LogP contribution < -0.4 is 0 Å². The topological polar surface area (TPSA) is 9.23 Å². The highest BCUT2D eigenvalue weighted by atomic mass is 79.9. The van der Waals surface area contributed by atoms with Crippen molar-refractivity contribution >= 4 is 63.7 Å². The Morgan fingerprint density at radius 3 is 2.35 bits per heavy atom. The van der Waals surface area contributed by atoms with Gasteiger partial charge in [0.1, 0.15) is 3.23 Å². The van der Waals surface area contributed by atoms with Gasteiger partial charge in [0.25, 0.3) is 0 Å². The second kappa shape index (κ2) is 3.05. The number of hydrogen-bond donors (Lipinski definition) is 0. The molecule has 0 aromatic carbocycles. The number of alkyl halides is 4. The van der Waals surface area contributed by atoms with E-state index in [1.165, 1.54) is 25.7 Å². The van der Waals surface area contributed by atoms with Crippen LogP contribution in [0.4, 0.5) is 0 Å². The van der Waals surface area contributed by atoms with Crippen LogP contribution in [0.5, 0.6) is 0 Å². The van der Waals surface area contributed by atoms with Gasteiger partial charge in [0.2, 0.25) is 0 Å². The monoisotopic (exact) mass is 490 g/mol. The van der Waals surface area contributed by atoms with Crippen LogP contribution in [-0.2, 0) is 4.74 Å². The Labute approximate surface area is 135 Å². The van der Waals surface area contributed by atoms with E-state index >= 15 is 0 Å². The minimum Gasteiger partial charge on any atom is -0.375 e. The van der Waals surface area contributed by atoms with Crippen molar-refractivity contribution < 1.29 is 4.74 Å². The van der Waals surface area contributed by atoms with Gasteiger partial charge in [0, 0.05) is 23.9 Å². The molecule has 0 aromatic rings. The summed E-state index contributed by atoms with van der Waals surface area (Å²) in [6, 6.07) is 0. The van der Waals surface area contributed by atoms with Crippen molar-refractivity contribution in [2.75, 3.05) is 7.11 Å². The Balaban J connectivity index is 1.79. The molecule has 0 aliphatic heterocycles. The lowest BCUT2D eigenvalue weighted by Crippen LogP contribution is -2.30. The SMILES string of the molecule is CO[C@]12C[C@@]34CCC[C@]3(C[C@H]1C2(Br)Br)C4(Br)Br. The number of rotatable bonds is 1. The summed E-state index contributed by atoms with van der Waals surface area (Å²) in [4.78, 5) is 0. The van der Waals surface area contributed by atoms with Gasteiger partial charge >= 0.3 is 0 Å². The largest absolute Gasteiger partial charge is 0.375 e. The molecule has 0 N–H and O–H groups in total. The molecule has 96 valence electrons. The highest BCUT2D eigenvalue weighted by Gasteiger charge is 2.95. The molecule has 4 aliphatic carbocycles. The van der Waals surface area contributed by atoms with Gasteiger partial charge in [-0.1, -0.05) is 70.1 Å². The predicted molar refractivity (Wildman–Crippen MR) is 82.4 cm³/mol. The van der Waals surface area contributed by atoms with Crippen LogP contribution in [0, 0.1) is 16.7 Å². The number of methoxy groups -OCH3 is 1. The van der Waals surface area contributed by atoms with Crippen LogP contribution in [0.2, 0.25) is 0 Å². The minimum atomic E-state index is 0.00410. The zero-order valence-corrected chi connectivity index (χ0v) is 15.9. The third-order valence-electron chi connectivity index (χ3n) is 6.23. The van der Waals surface area contributed by atoms with Crippen LogP contribution in [0.25, 0.3) is 0 Å². The average Bonchev–Trinajstić information content (AvgIpc) is 2.80. The van der Waals surface area contributed by atoms with Crippen molar-refractivity contribution in [2.45, 2.75) is 44.2 Å². The number of fused-ring (bicyclic) bond motifs is 1. The summed E-state index contributed by atoms with van der Waals surface area (Å²) in [5, 5.41) is 0. The number of hydrogen-bond acceptors (Lipinski definition) is 1. The van der Waals surface area contributed by atoms with Crippen LogP contribution >= 0.6 is 63.7 Å². The minimum absolute atomic E-state index is 0.00410. The molecular weight excluding hydrogens is 480 g/mol. The van der Waals surface area contributed by atoms with E-state index in [4.69, 9.17) is 4.74 Å². The summed E-state index contributed by atoms with van der Waals surface area (Å²) < 4.78 is 6.11. The molecule has 0 heterocycles. The molecule has 4 rings (SSSR count). The van der Waals surface area contributed by atoms with E-state index in [9.17, 15) is 0 Å². The third kappa shape index (κ3) is 0.979. The smallest absolute Gasteiger partial charge is 0.115 e. The Morgan fingerprint density at radius 1 is 1.06 bits per heavy atom. The molecule has 0 bridgehead atoms. The van der Waals surface area contributed by atoms with Crippen molar-refractivity contribution in [3.8, 4) is 0 Å². The Kier molecular flexibility index (Phi) is 2.26. The van der Waals surface area contributed by atoms with Crippen LogP contribution in [0.1, 0.15) is 32.1 Å². The maximum absolute atomic E-state index is 5.92. The van der Waals surface area contributed by atoms with Gasteiger partial charge in [-0.15, -0.1) is 0 Å². The standard InChI is InChI=1S/C12H14Br4O/c1-17-10-6-9-4-2-3-8(9,12(9,15)16)5-7(10)11(10,13)14/h7H,2-6H2,1H3/t7-,8-,9+,10-/m1/s1. The van der Waals surface area contributed by atoms with E-state index in [0.29, 0.717) is 16.7 Å². The van der Waals surface area contributed by atoms with Gasteiger partial charge in [-0.05, 0) is 25.7 Å². The molecule has 0 amide bonds. The molecule has 0 unspecified atom stereocenters. The Bertz CT molecular complexity index is 423. The van der Waals surface area contributed by atoms with E-state index in [0.717, 1.165) is 6.42 Å². The van der Waals surface area contributed by atoms with Gasteiger partial charge in [-0.25, -0.2) is 0 Å². The van der Waals surface area contributed by atoms with Crippen molar-refractivity contribution in [1.82, 2.24) is 0 Å². The zero-order chi connectivity index (χ0) is 12.3. The Morgan fingerprint density at radius 2 is 1.71 bits per heavy atom. The number of halogens is 4. The predicted octanol–water partition coefficient (Wildman–Crippen LogP) is 4.94.